The van der Waals surface area contributed by atoms with Crippen molar-refractivity contribution in [3.63, 3.8) is 0 Å². The van der Waals surface area contributed by atoms with Crippen LogP contribution in [0.3, 0.4) is 0 Å². The van der Waals surface area contributed by atoms with Crippen LogP contribution in [0.15, 0.2) is 71.0 Å². The normalized spacial score (nSPS) is 11.2. The van der Waals surface area contributed by atoms with Gasteiger partial charge in [-0.15, -0.1) is 0 Å². The Hall–Kier alpha value is -4.46. The van der Waals surface area contributed by atoms with Gasteiger partial charge in [0.25, 0.3) is 0 Å². The molecule has 8 heteroatoms. The number of nitrogens with zero attached hydrogens (tertiary/aromatic N) is 6. The highest BCUT2D eigenvalue weighted by Gasteiger charge is 2.14. The van der Waals surface area contributed by atoms with Gasteiger partial charge in [0.05, 0.1) is 23.8 Å². The lowest BCUT2D eigenvalue weighted by Crippen LogP contribution is -2.15. The zero-order valence-electron chi connectivity index (χ0n) is 23.5. The van der Waals surface area contributed by atoms with Crippen LogP contribution in [0.5, 0.6) is 0 Å². The van der Waals surface area contributed by atoms with Crippen molar-refractivity contribution in [2.45, 2.75) is 0 Å². The van der Waals surface area contributed by atoms with Gasteiger partial charge in [0.2, 0.25) is 0 Å². The first-order chi connectivity index (χ1) is 18.1. The molecular formula is C30H38N6O2. The Balaban J connectivity index is 0.000000211. The molecule has 0 aromatic heterocycles. The average molecular weight is 515 g/mol. The maximum atomic E-state index is 8.82. The van der Waals surface area contributed by atoms with E-state index in [1.54, 1.807) is 0 Å². The monoisotopic (exact) mass is 514 g/mol. The molecule has 0 unspecified atom stereocenters. The molecule has 0 atom stereocenters. The van der Waals surface area contributed by atoms with Crippen LogP contribution in [-0.4, -0.2) is 79.2 Å². The average Bonchev–Trinajstić information content (AvgIpc) is 2.87. The molecule has 200 valence electrons. The van der Waals surface area contributed by atoms with E-state index in [0.717, 1.165) is 44.6 Å². The smallest absolute Gasteiger partial charge is 0.0754 e. The summed E-state index contributed by atoms with van der Waals surface area (Å²) in [6.07, 6.45) is 2.95. The van der Waals surface area contributed by atoms with Crippen molar-refractivity contribution < 1.29 is 10.4 Å². The first-order valence-electron chi connectivity index (χ1n) is 12.3. The predicted octanol–water partition coefficient (Wildman–Crippen LogP) is 5.56. The summed E-state index contributed by atoms with van der Waals surface area (Å²) < 4.78 is 0. The first kappa shape index (κ1) is 28.1. The van der Waals surface area contributed by atoms with E-state index in [-0.39, 0.29) is 0 Å². The van der Waals surface area contributed by atoms with Gasteiger partial charge in [-0.05, 0) is 22.9 Å². The van der Waals surface area contributed by atoms with Gasteiger partial charge in [-0.25, -0.2) is 0 Å². The molecule has 0 bridgehead atoms. The summed E-state index contributed by atoms with van der Waals surface area (Å²) in [5.74, 6) is 0. The van der Waals surface area contributed by atoms with Gasteiger partial charge in [-0.1, -0.05) is 58.8 Å². The van der Waals surface area contributed by atoms with Crippen molar-refractivity contribution >= 4 is 56.7 Å². The molecule has 0 aliphatic heterocycles. The zero-order valence-corrected chi connectivity index (χ0v) is 23.5. The first-order valence-corrected chi connectivity index (χ1v) is 12.3. The number of hydrogen-bond acceptors (Lipinski definition) is 8. The standard InChI is InChI=1S/2C15H19N3O/c2*1-17(2)13-7-5-6-11-8-9-12(10-16-19)15(14(11)13)18(3)4/h2*5-10,19H,1-4H3/b2*16-10+. The summed E-state index contributed by atoms with van der Waals surface area (Å²) in [4.78, 5) is 8.28. The highest BCUT2D eigenvalue weighted by atomic mass is 16.4. The predicted molar refractivity (Wildman–Crippen MR) is 164 cm³/mol. The van der Waals surface area contributed by atoms with Crippen LogP contribution in [0.2, 0.25) is 0 Å². The molecule has 38 heavy (non-hydrogen) atoms. The summed E-state index contributed by atoms with van der Waals surface area (Å²) in [6.45, 7) is 0. The molecule has 4 aromatic carbocycles. The minimum atomic E-state index is 0.898. The third kappa shape index (κ3) is 5.75. The molecule has 0 saturated carbocycles. The lowest BCUT2D eigenvalue weighted by Gasteiger charge is -2.23. The number of fused-ring (bicyclic) bond motifs is 2. The van der Waals surface area contributed by atoms with Gasteiger partial charge >= 0.3 is 0 Å². The molecule has 8 nitrogen and oxygen atoms in total. The molecule has 4 aromatic rings. The minimum Gasteiger partial charge on any atom is -0.411 e. The maximum absolute atomic E-state index is 8.82. The molecule has 0 fully saturated rings. The van der Waals surface area contributed by atoms with Crippen molar-refractivity contribution in [1.82, 2.24) is 0 Å². The Labute approximate surface area is 225 Å². The zero-order chi connectivity index (χ0) is 28.0. The van der Waals surface area contributed by atoms with E-state index in [1.165, 1.54) is 23.2 Å². The molecule has 4 rings (SSSR count). The molecule has 0 radical (unpaired) electrons. The fourth-order valence-electron chi connectivity index (χ4n) is 4.76. The van der Waals surface area contributed by atoms with Gasteiger partial charge in [-0.2, -0.15) is 0 Å². The summed E-state index contributed by atoms with van der Waals surface area (Å²) >= 11 is 0. The van der Waals surface area contributed by atoms with Gasteiger partial charge in [0.1, 0.15) is 0 Å². The van der Waals surface area contributed by atoms with Crippen molar-refractivity contribution in [3.05, 3.63) is 71.8 Å². The van der Waals surface area contributed by atoms with Gasteiger partial charge < -0.3 is 30.0 Å². The number of benzene rings is 4. The number of hydrogen-bond donors (Lipinski definition) is 2. The highest BCUT2D eigenvalue weighted by Crippen LogP contribution is 2.37. The summed E-state index contributed by atoms with van der Waals surface area (Å²) in [6, 6.07) is 20.5. The molecule has 2 N–H and O–H groups in total. The Morgan fingerprint density at radius 2 is 0.868 bits per heavy atom. The van der Waals surface area contributed by atoms with Crippen LogP contribution in [0.4, 0.5) is 22.7 Å². The van der Waals surface area contributed by atoms with Crippen molar-refractivity contribution in [2.24, 2.45) is 10.3 Å². The van der Waals surface area contributed by atoms with Crippen LogP contribution < -0.4 is 19.6 Å². The van der Waals surface area contributed by atoms with Gasteiger partial charge in [-0.3, -0.25) is 0 Å². The quantitative estimate of drug-likeness (QED) is 0.199. The van der Waals surface area contributed by atoms with E-state index < -0.39 is 0 Å². The number of oxime groups is 2. The Bertz CT molecular complexity index is 1350. The second kappa shape index (κ2) is 12.2. The maximum Gasteiger partial charge on any atom is 0.0754 e. The Morgan fingerprint density at radius 3 is 1.16 bits per heavy atom. The molecular weight excluding hydrogens is 476 g/mol. The second-order valence-electron chi connectivity index (χ2n) is 9.82. The van der Waals surface area contributed by atoms with E-state index in [2.05, 4.69) is 56.5 Å². The third-order valence-electron chi connectivity index (χ3n) is 6.31. The Kier molecular flexibility index (Phi) is 9.02. The third-order valence-corrected chi connectivity index (χ3v) is 6.31. The number of rotatable bonds is 6. The second-order valence-corrected chi connectivity index (χ2v) is 9.82. The van der Waals surface area contributed by atoms with Gasteiger partial charge in [0, 0.05) is 89.7 Å². The van der Waals surface area contributed by atoms with Crippen molar-refractivity contribution in [2.75, 3.05) is 76.0 Å². The van der Waals surface area contributed by atoms with E-state index in [9.17, 15) is 0 Å². The lowest BCUT2D eigenvalue weighted by molar-refractivity contribution is 0.321. The van der Waals surface area contributed by atoms with Crippen LogP contribution in [0.25, 0.3) is 21.5 Å². The molecule has 0 saturated heterocycles. The molecule has 0 spiro atoms. The van der Waals surface area contributed by atoms with E-state index in [1.807, 2.05) is 90.4 Å². The number of anilines is 4. The fourth-order valence-corrected chi connectivity index (χ4v) is 4.76. The van der Waals surface area contributed by atoms with E-state index >= 15 is 0 Å². The van der Waals surface area contributed by atoms with Crippen LogP contribution in [0, 0.1) is 0 Å². The SMILES string of the molecule is CN(C)c1cccc2ccc(/C=N/O)c(N(C)C)c12.CN(C)c1cccc2ccc(/C=N/O)c(N(C)C)c12. The largest absolute Gasteiger partial charge is 0.411 e. The summed E-state index contributed by atoms with van der Waals surface area (Å²) in [5.41, 5.74) is 6.20. The van der Waals surface area contributed by atoms with Crippen LogP contribution in [0.1, 0.15) is 11.1 Å². The summed E-state index contributed by atoms with van der Waals surface area (Å²) in [7, 11) is 16.1. The van der Waals surface area contributed by atoms with E-state index in [0.29, 0.717) is 0 Å². The van der Waals surface area contributed by atoms with Crippen molar-refractivity contribution in [1.29, 1.82) is 0 Å². The fraction of sp³-hybridized carbons (Fsp3) is 0.267. The minimum absolute atomic E-state index is 0.898. The van der Waals surface area contributed by atoms with Crippen LogP contribution >= 0.6 is 0 Å². The topological polar surface area (TPSA) is 78.1 Å². The molecule has 0 aliphatic carbocycles. The lowest BCUT2D eigenvalue weighted by atomic mass is 10.0. The van der Waals surface area contributed by atoms with Crippen molar-refractivity contribution in [3.8, 4) is 0 Å². The van der Waals surface area contributed by atoms with Gasteiger partial charge in [0.15, 0.2) is 0 Å². The molecule has 0 aliphatic rings. The highest BCUT2D eigenvalue weighted by molar-refractivity contribution is 6.10. The molecule has 0 amide bonds. The molecule has 0 heterocycles. The van der Waals surface area contributed by atoms with Crippen LogP contribution in [-0.2, 0) is 0 Å². The Morgan fingerprint density at radius 1 is 0.500 bits per heavy atom. The summed E-state index contributed by atoms with van der Waals surface area (Å²) in [5, 5.41) is 28.6. The van der Waals surface area contributed by atoms with E-state index in [4.69, 9.17) is 10.4 Å².